The van der Waals surface area contributed by atoms with E-state index < -0.39 is 10.0 Å². The lowest BCUT2D eigenvalue weighted by Crippen LogP contribution is -2.37. The summed E-state index contributed by atoms with van der Waals surface area (Å²) in [4.78, 5) is 6.36. The molecule has 20 heavy (non-hydrogen) atoms. The van der Waals surface area contributed by atoms with E-state index >= 15 is 0 Å². The van der Waals surface area contributed by atoms with Crippen LogP contribution in [0.4, 0.5) is 5.82 Å². The fourth-order valence-corrected chi connectivity index (χ4v) is 2.72. The molecule has 0 amide bonds. The second kappa shape index (κ2) is 7.56. The summed E-state index contributed by atoms with van der Waals surface area (Å²) in [7, 11) is 0.218. The Morgan fingerprint density at radius 3 is 2.75 bits per heavy atom. The summed E-state index contributed by atoms with van der Waals surface area (Å²) in [5, 5.41) is 2.82. The van der Waals surface area contributed by atoms with Crippen molar-refractivity contribution in [1.82, 2.24) is 14.6 Å². The largest absolute Gasteiger partial charge is 0.373 e. The van der Waals surface area contributed by atoms with Crippen molar-refractivity contribution in [1.29, 1.82) is 0 Å². The van der Waals surface area contributed by atoms with Crippen molar-refractivity contribution < 1.29 is 8.42 Å². The van der Waals surface area contributed by atoms with E-state index in [-0.39, 0.29) is 4.90 Å². The average molecular weight is 300 g/mol. The SMILES string of the molecule is CCC(C)N(C)CCNS(=O)(=O)c1ccnc(NC)c1. The number of hydrogen-bond acceptors (Lipinski definition) is 5. The average Bonchev–Trinajstić information content (AvgIpc) is 2.46. The van der Waals surface area contributed by atoms with Crippen molar-refractivity contribution in [2.24, 2.45) is 0 Å². The molecule has 0 fully saturated rings. The van der Waals surface area contributed by atoms with Crippen LogP contribution in [0.15, 0.2) is 23.2 Å². The van der Waals surface area contributed by atoms with Gasteiger partial charge in [-0.15, -0.1) is 0 Å². The van der Waals surface area contributed by atoms with Crippen LogP contribution in [0.3, 0.4) is 0 Å². The van der Waals surface area contributed by atoms with Crippen LogP contribution >= 0.6 is 0 Å². The van der Waals surface area contributed by atoms with Crippen molar-refractivity contribution in [3.05, 3.63) is 18.3 Å². The van der Waals surface area contributed by atoms with Crippen LogP contribution in [0.5, 0.6) is 0 Å². The molecule has 1 atom stereocenters. The van der Waals surface area contributed by atoms with Crippen molar-refractivity contribution in [3.8, 4) is 0 Å². The minimum absolute atomic E-state index is 0.225. The summed E-state index contributed by atoms with van der Waals surface area (Å²) in [6.07, 6.45) is 2.52. The van der Waals surface area contributed by atoms with Gasteiger partial charge in [0.2, 0.25) is 10.0 Å². The Morgan fingerprint density at radius 1 is 1.45 bits per heavy atom. The van der Waals surface area contributed by atoms with Gasteiger partial charge in [0.1, 0.15) is 5.82 Å². The summed E-state index contributed by atoms with van der Waals surface area (Å²) >= 11 is 0. The third-order valence-electron chi connectivity index (χ3n) is 3.40. The number of rotatable bonds is 8. The summed E-state index contributed by atoms with van der Waals surface area (Å²) < 4.78 is 26.9. The zero-order chi connectivity index (χ0) is 15.2. The third kappa shape index (κ3) is 4.73. The highest BCUT2D eigenvalue weighted by atomic mass is 32.2. The molecule has 1 aromatic rings. The zero-order valence-electron chi connectivity index (χ0n) is 12.5. The molecule has 0 radical (unpaired) electrons. The van der Waals surface area contributed by atoms with E-state index in [4.69, 9.17) is 0 Å². The molecule has 0 saturated heterocycles. The molecule has 0 aliphatic carbocycles. The molecule has 1 heterocycles. The normalized spacial score (nSPS) is 13.4. The molecule has 0 spiro atoms. The maximum Gasteiger partial charge on any atom is 0.240 e. The standard InChI is InChI=1S/C13H24N4O2S/c1-5-11(2)17(4)9-8-16-20(18,19)12-6-7-15-13(10-12)14-3/h6-7,10-11,16H,5,8-9H2,1-4H3,(H,14,15). The first-order valence-electron chi connectivity index (χ1n) is 6.74. The molecule has 1 unspecified atom stereocenters. The van der Waals surface area contributed by atoms with Gasteiger partial charge in [0.05, 0.1) is 4.90 Å². The van der Waals surface area contributed by atoms with Crippen LogP contribution in [0, 0.1) is 0 Å². The Morgan fingerprint density at radius 2 is 2.15 bits per heavy atom. The number of nitrogens with one attached hydrogen (secondary N) is 2. The first-order valence-corrected chi connectivity index (χ1v) is 8.22. The van der Waals surface area contributed by atoms with Crippen molar-refractivity contribution in [2.75, 3.05) is 32.5 Å². The van der Waals surface area contributed by atoms with E-state index in [0.717, 1.165) is 6.42 Å². The van der Waals surface area contributed by atoms with Gasteiger partial charge >= 0.3 is 0 Å². The molecule has 2 N–H and O–H groups in total. The zero-order valence-corrected chi connectivity index (χ0v) is 13.4. The maximum atomic E-state index is 12.1. The Hall–Kier alpha value is -1.18. The minimum atomic E-state index is -3.48. The molecule has 7 heteroatoms. The van der Waals surface area contributed by atoms with Crippen LogP contribution in [-0.4, -0.2) is 51.5 Å². The van der Waals surface area contributed by atoms with Gasteiger partial charge in [-0.3, -0.25) is 0 Å². The van der Waals surface area contributed by atoms with E-state index in [9.17, 15) is 8.42 Å². The lowest BCUT2D eigenvalue weighted by molar-refractivity contribution is 0.256. The molecule has 6 nitrogen and oxygen atoms in total. The third-order valence-corrected chi connectivity index (χ3v) is 4.86. The smallest absolute Gasteiger partial charge is 0.240 e. The van der Waals surface area contributed by atoms with Gasteiger partial charge < -0.3 is 10.2 Å². The van der Waals surface area contributed by atoms with E-state index in [1.807, 2.05) is 7.05 Å². The number of pyridine rings is 1. The summed E-state index contributed by atoms with van der Waals surface area (Å²) in [5.41, 5.74) is 0. The predicted octanol–water partition coefficient (Wildman–Crippen LogP) is 1.13. The molecule has 0 saturated carbocycles. The molecule has 0 aliphatic rings. The first-order chi connectivity index (χ1) is 9.40. The van der Waals surface area contributed by atoms with Crippen LogP contribution in [0.1, 0.15) is 20.3 Å². The molecule has 1 aromatic heterocycles. The van der Waals surface area contributed by atoms with Crippen LogP contribution in [0.25, 0.3) is 0 Å². The number of anilines is 1. The summed E-state index contributed by atoms with van der Waals surface area (Å²) in [5.74, 6) is 0.532. The van der Waals surface area contributed by atoms with Crippen LogP contribution in [-0.2, 0) is 10.0 Å². The summed E-state index contributed by atoms with van der Waals surface area (Å²) in [6, 6.07) is 3.44. The van der Waals surface area contributed by atoms with Crippen molar-refractivity contribution in [2.45, 2.75) is 31.2 Å². The number of aromatic nitrogens is 1. The molecule has 114 valence electrons. The molecule has 0 bridgehead atoms. The van der Waals surface area contributed by atoms with E-state index in [0.29, 0.717) is 24.9 Å². The van der Waals surface area contributed by atoms with Crippen LogP contribution < -0.4 is 10.0 Å². The van der Waals surface area contributed by atoms with Gasteiger partial charge in [0.15, 0.2) is 0 Å². The molecular formula is C13H24N4O2S. The molecular weight excluding hydrogens is 276 g/mol. The van der Waals surface area contributed by atoms with Gasteiger partial charge in [-0.05, 0) is 26.5 Å². The minimum Gasteiger partial charge on any atom is -0.373 e. The Bertz CT molecular complexity index is 519. The Kier molecular flexibility index (Phi) is 6.38. The van der Waals surface area contributed by atoms with Gasteiger partial charge in [-0.1, -0.05) is 6.92 Å². The lowest BCUT2D eigenvalue weighted by Gasteiger charge is -2.23. The number of sulfonamides is 1. The van der Waals surface area contributed by atoms with E-state index in [2.05, 4.69) is 33.8 Å². The molecule has 0 aliphatic heterocycles. The van der Waals surface area contributed by atoms with Gasteiger partial charge in [0, 0.05) is 38.4 Å². The van der Waals surface area contributed by atoms with Crippen molar-refractivity contribution >= 4 is 15.8 Å². The Balaban J connectivity index is 2.61. The monoisotopic (exact) mass is 300 g/mol. The van der Waals surface area contributed by atoms with Gasteiger partial charge in [-0.2, -0.15) is 0 Å². The topological polar surface area (TPSA) is 74.3 Å². The highest BCUT2D eigenvalue weighted by Crippen LogP contribution is 2.11. The van der Waals surface area contributed by atoms with Gasteiger partial charge in [0.25, 0.3) is 0 Å². The number of nitrogens with zero attached hydrogens (tertiary/aromatic N) is 2. The van der Waals surface area contributed by atoms with E-state index in [1.165, 1.54) is 18.3 Å². The van der Waals surface area contributed by atoms with Crippen LogP contribution in [0.2, 0.25) is 0 Å². The molecule has 1 rings (SSSR count). The lowest BCUT2D eigenvalue weighted by atomic mass is 10.2. The number of hydrogen-bond donors (Lipinski definition) is 2. The second-order valence-corrected chi connectivity index (χ2v) is 6.53. The summed E-state index contributed by atoms with van der Waals surface area (Å²) in [6.45, 7) is 5.30. The predicted molar refractivity (Wildman–Crippen MR) is 81.4 cm³/mol. The molecule has 0 aromatic carbocycles. The fraction of sp³-hybridized carbons (Fsp3) is 0.615. The highest BCUT2D eigenvalue weighted by Gasteiger charge is 2.15. The second-order valence-electron chi connectivity index (χ2n) is 4.76. The Labute approximate surface area is 121 Å². The van der Waals surface area contributed by atoms with E-state index in [1.54, 1.807) is 7.05 Å². The van der Waals surface area contributed by atoms with Crippen molar-refractivity contribution in [3.63, 3.8) is 0 Å². The van der Waals surface area contributed by atoms with Gasteiger partial charge in [-0.25, -0.2) is 18.1 Å². The first kappa shape index (κ1) is 16.9. The maximum absolute atomic E-state index is 12.1. The quantitative estimate of drug-likeness (QED) is 0.753. The number of likely N-dealkylation sites (N-methyl/N-ethyl adjacent to an activating group) is 1. The highest BCUT2D eigenvalue weighted by molar-refractivity contribution is 7.89. The fourth-order valence-electron chi connectivity index (χ4n) is 1.69.